The number of hydrogen-bond donors (Lipinski definition) is 2. The van der Waals surface area contributed by atoms with E-state index in [1.54, 1.807) is 17.4 Å². The maximum absolute atomic E-state index is 12.7. The lowest BCUT2D eigenvalue weighted by molar-refractivity contribution is 0.00837. The second-order valence-corrected chi connectivity index (χ2v) is 9.06. The molecule has 2 heterocycles. The van der Waals surface area contributed by atoms with Crippen LogP contribution in [-0.2, 0) is 24.1 Å². The van der Waals surface area contributed by atoms with Gasteiger partial charge in [-0.25, -0.2) is 4.98 Å². The third-order valence-corrected chi connectivity index (χ3v) is 6.05. The second kappa shape index (κ2) is 9.78. The number of H-pyrrole nitrogens is 1. The molecule has 0 saturated heterocycles. The van der Waals surface area contributed by atoms with Gasteiger partial charge in [0.2, 0.25) is 0 Å². The Balaban J connectivity index is 1.71. The van der Waals surface area contributed by atoms with Gasteiger partial charge in [-0.3, -0.25) is 9.69 Å². The minimum Gasteiger partial charge on any atom is -0.389 e. The summed E-state index contributed by atoms with van der Waals surface area (Å²) in [7, 11) is 0. The molecule has 0 spiro atoms. The number of hydrogen-bond acceptors (Lipinski definition) is 6. The van der Waals surface area contributed by atoms with Crippen molar-refractivity contribution in [2.24, 2.45) is 5.92 Å². The molecule has 0 aromatic carbocycles. The normalized spacial score (nSPS) is 15.3. The zero-order valence-corrected chi connectivity index (χ0v) is 17.7. The number of nitrogens with one attached hydrogen (secondary N) is 1. The Hall–Kier alpha value is -1.54. The van der Waals surface area contributed by atoms with Gasteiger partial charge in [0.25, 0.3) is 5.56 Å². The van der Waals surface area contributed by atoms with Crippen molar-refractivity contribution >= 4 is 21.6 Å². The highest BCUT2D eigenvalue weighted by Crippen LogP contribution is 2.33. The van der Waals surface area contributed by atoms with Crippen molar-refractivity contribution in [2.75, 3.05) is 26.3 Å². The summed E-state index contributed by atoms with van der Waals surface area (Å²) < 4.78 is 5.54. The number of aromatic amines is 1. The molecule has 154 valence electrons. The third-order valence-electron chi connectivity index (χ3n) is 4.87. The van der Waals surface area contributed by atoms with Gasteiger partial charge in [0, 0.05) is 24.6 Å². The third kappa shape index (κ3) is 5.29. The summed E-state index contributed by atoms with van der Waals surface area (Å²) in [4.78, 5) is 24.6. The highest BCUT2D eigenvalue weighted by Gasteiger charge is 2.20. The minimum atomic E-state index is -0.594. The van der Waals surface area contributed by atoms with Crippen molar-refractivity contribution in [3.63, 3.8) is 0 Å². The summed E-state index contributed by atoms with van der Waals surface area (Å²) >= 11 is 1.66. The van der Waals surface area contributed by atoms with Crippen LogP contribution in [0.25, 0.3) is 10.2 Å². The molecule has 0 aliphatic heterocycles. The molecule has 0 amide bonds. The molecular formula is C21H31N3O3S. The molecule has 2 aromatic heterocycles. The van der Waals surface area contributed by atoms with E-state index in [2.05, 4.69) is 25.4 Å². The van der Waals surface area contributed by atoms with E-state index in [9.17, 15) is 9.90 Å². The van der Waals surface area contributed by atoms with Crippen LogP contribution in [0, 0.1) is 5.92 Å². The molecule has 28 heavy (non-hydrogen) atoms. The van der Waals surface area contributed by atoms with Crippen molar-refractivity contribution in [1.29, 1.82) is 0 Å². The largest absolute Gasteiger partial charge is 0.389 e. The van der Waals surface area contributed by atoms with Crippen molar-refractivity contribution in [3.8, 4) is 0 Å². The fraction of sp³-hybridized carbons (Fsp3) is 0.619. The van der Waals surface area contributed by atoms with Crippen molar-refractivity contribution in [1.82, 2.24) is 14.9 Å². The molecule has 0 radical (unpaired) electrons. The lowest BCUT2D eigenvalue weighted by atomic mass is 9.97. The summed E-state index contributed by atoms with van der Waals surface area (Å²) in [5.74, 6) is 1.07. The van der Waals surface area contributed by atoms with Gasteiger partial charge >= 0.3 is 0 Å². The monoisotopic (exact) mass is 405 g/mol. The molecule has 1 aliphatic carbocycles. The SMILES string of the molecule is C=CCN(Cc1nc2sc3c(c2c(=O)[nH]1)CCCC3)C[C@H](O)COCC(C)C. The fourth-order valence-corrected chi connectivity index (χ4v) is 4.95. The van der Waals surface area contributed by atoms with Gasteiger partial charge in [0.15, 0.2) is 0 Å². The number of aryl methyl sites for hydroxylation is 2. The molecular weight excluding hydrogens is 374 g/mol. The van der Waals surface area contributed by atoms with E-state index < -0.39 is 6.10 Å². The molecule has 2 N–H and O–H groups in total. The Bertz CT molecular complexity index is 858. The molecule has 1 atom stereocenters. The Morgan fingerprint density at radius 2 is 2.14 bits per heavy atom. The summed E-state index contributed by atoms with van der Waals surface area (Å²) in [5.41, 5.74) is 1.16. The Morgan fingerprint density at radius 3 is 2.89 bits per heavy atom. The highest BCUT2D eigenvalue weighted by molar-refractivity contribution is 7.18. The molecule has 2 aromatic rings. The van der Waals surface area contributed by atoms with Gasteiger partial charge in [0.1, 0.15) is 10.7 Å². The number of aliphatic hydroxyl groups excluding tert-OH is 1. The van der Waals surface area contributed by atoms with E-state index in [0.29, 0.717) is 44.6 Å². The highest BCUT2D eigenvalue weighted by atomic mass is 32.1. The van der Waals surface area contributed by atoms with Crippen LogP contribution >= 0.6 is 11.3 Å². The Labute approximate surface area is 170 Å². The zero-order valence-electron chi connectivity index (χ0n) is 16.9. The molecule has 0 saturated carbocycles. The van der Waals surface area contributed by atoms with Crippen LogP contribution in [0.15, 0.2) is 17.4 Å². The van der Waals surface area contributed by atoms with Gasteiger partial charge in [0.05, 0.1) is 24.6 Å². The number of nitrogens with zero attached hydrogens (tertiary/aromatic N) is 2. The summed E-state index contributed by atoms with van der Waals surface area (Å²) in [6.45, 7) is 10.4. The smallest absolute Gasteiger partial charge is 0.259 e. The fourth-order valence-electron chi connectivity index (χ4n) is 3.67. The van der Waals surface area contributed by atoms with Crippen LogP contribution in [0.3, 0.4) is 0 Å². The van der Waals surface area contributed by atoms with Crippen LogP contribution < -0.4 is 5.56 Å². The molecule has 0 unspecified atom stereocenters. The number of aromatic nitrogens is 2. The minimum absolute atomic E-state index is 0.0428. The van der Waals surface area contributed by atoms with Crippen LogP contribution in [0.5, 0.6) is 0 Å². The van der Waals surface area contributed by atoms with Gasteiger partial charge in [-0.2, -0.15) is 0 Å². The van der Waals surface area contributed by atoms with E-state index in [1.807, 2.05) is 4.90 Å². The first-order valence-electron chi connectivity index (χ1n) is 10.1. The van der Waals surface area contributed by atoms with Gasteiger partial charge in [-0.15, -0.1) is 17.9 Å². The second-order valence-electron chi connectivity index (χ2n) is 7.97. The molecule has 6 nitrogen and oxygen atoms in total. The van der Waals surface area contributed by atoms with Gasteiger partial charge < -0.3 is 14.8 Å². The van der Waals surface area contributed by atoms with E-state index in [1.165, 1.54) is 16.9 Å². The average molecular weight is 406 g/mol. The summed E-state index contributed by atoms with van der Waals surface area (Å²) in [6.07, 6.45) is 5.56. The predicted molar refractivity (Wildman–Crippen MR) is 114 cm³/mol. The summed E-state index contributed by atoms with van der Waals surface area (Å²) in [5, 5.41) is 11.1. The van der Waals surface area contributed by atoms with Gasteiger partial charge in [-0.1, -0.05) is 19.9 Å². The molecule has 1 aliphatic rings. The Morgan fingerprint density at radius 1 is 1.36 bits per heavy atom. The maximum Gasteiger partial charge on any atom is 0.259 e. The number of thiophene rings is 1. The van der Waals surface area contributed by atoms with Crippen LogP contribution in [0.1, 0.15) is 43.0 Å². The first-order chi connectivity index (χ1) is 13.5. The first-order valence-corrected chi connectivity index (χ1v) is 10.9. The standard InChI is InChI=1S/C21H31N3O3S/c1-4-9-24(10-15(25)13-27-12-14(2)3)11-18-22-20(26)19-16-7-5-6-8-17(16)28-21(19)23-18/h4,14-15,25H,1,5-13H2,2-3H3,(H,22,23,26)/t15-/m0/s1. The van der Waals surface area contributed by atoms with E-state index in [4.69, 9.17) is 9.72 Å². The number of aliphatic hydroxyl groups is 1. The van der Waals surface area contributed by atoms with Crippen LogP contribution in [0.4, 0.5) is 0 Å². The number of ether oxygens (including phenoxy) is 1. The van der Waals surface area contributed by atoms with E-state index >= 15 is 0 Å². The topological polar surface area (TPSA) is 78.5 Å². The maximum atomic E-state index is 12.7. The summed E-state index contributed by atoms with van der Waals surface area (Å²) in [6, 6.07) is 0. The van der Waals surface area contributed by atoms with Crippen molar-refractivity contribution in [3.05, 3.63) is 39.3 Å². The lowest BCUT2D eigenvalue weighted by Gasteiger charge is -2.23. The number of rotatable bonds is 10. The first kappa shape index (κ1) is 21.2. The predicted octanol–water partition coefficient (Wildman–Crippen LogP) is 2.88. The zero-order chi connectivity index (χ0) is 20.1. The van der Waals surface area contributed by atoms with E-state index in [0.717, 1.165) is 29.5 Å². The average Bonchev–Trinajstić information content (AvgIpc) is 3.00. The van der Waals surface area contributed by atoms with Crippen LogP contribution in [-0.4, -0.2) is 52.4 Å². The number of fused-ring (bicyclic) bond motifs is 3. The molecule has 0 fully saturated rings. The Kier molecular flexibility index (Phi) is 7.40. The van der Waals surface area contributed by atoms with Crippen molar-refractivity contribution < 1.29 is 9.84 Å². The molecule has 0 bridgehead atoms. The van der Waals surface area contributed by atoms with Crippen molar-refractivity contribution in [2.45, 2.75) is 52.2 Å². The van der Waals surface area contributed by atoms with Crippen LogP contribution in [0.2, 0.25) is 0 Å². The van der Waals surface area contributed by atoms with E-state index in [-0.39, 0.29) is 5.56 Å². The van der Waals surface area contributed by atoms with Gasteiger partial charge in [-0.05, 0) is 37.2 Å². The quantitative estimate of drug-likeness (QED) is 0.594. The molecule has 7 heteroatoms. The lowest BCUT2D eigenvalue weighted by Crippen LogP contribution is -2.35. The molecule has 3 rings (SSSR count).